The Bertz CT molecular complexity index is 296. The summed E-state index contributed by atoms with van der Waals surface area (Å²) in [5.74, 6) is 0. The second kappa shape index (κ2) is 5.39. The fraction of sp³-hybridized carbons (Fsp3) is 0.222. The Labute approximate surface area is 79.5 Å². The highest BCUT2D eigenvalue weighted by Crippen LogP contribution is 2.29. The van der Waals surface area contributed by atoms with Crippen molar-refractivity contribution in [3.63, 3.8) is 0 Å². The maximum Gasteiger partial charge on any atom is 0.416 e. The molecule has 0 aliphatic heterocycles. The molecule has 5 heteroatoms. The average Bonchev–Trinajstić information content (AvgIpc) is 2.20. The standard InChI is InChI=1S/C8H5F3O.CH5N/c9-8(10,11)7-3-1-2-6(4-7)5-12;1-2/h1-5H;2H2,1H3. The lowest BCUT2D eigenvalue weighted by Crippen LogP contribution is -2.04. The summed E-state index contributed by atoms with van der Waals surface area (Å²) in [6.45, 7) is 0. The van der Waals surface area contributed by atoms with Crippen molar-refractivity contribution in [3.05, 3.63) is 35.4 Å². The zero-order chi connectivity index (χ0) is 11.2. The molecule has 0 aromatic heterocycles. The van der Waals surface area contributed by atoms with E-state index in [0.717, 1.165) is 12.1 Å². The minimum atomic E-state index is -4.38. The van der Waals surface area contributed by atoms with Crippen LogP contribution in [0.5, 0.6) is 0 Å². The Morgan fingerprint density at radius 3 is 2.29 bits per heavy atom. The predicted molar refractivity (Wildman–Crippen MR) is 46.9 cm³/mol. The Morgan fingerprint density at radius 2 is 1.86 bits per heavy atom. The number of benzene rings is 1. The molecule has 1 rings (SSSR count). The largest absolute Gasteiger partial charge is 0.416 e. The molecule has 78 valence electrons. The Kier molecular flexibility index (Phi) is 4.86. The lowest BCUT2D eigenvalue weighted by molar-refractivity contribution is -0.137. The predicted octanol–water partition coefficient (Wildman–Crippen LogP) is 2.09. The number of rotatable bonds is 1. The zero-order valence-electron chi connectivity index (χ0n) is 7.51. The summed E-state index contributed by atoms with van der Waals surface area (Å²) in [5, 5.41) is 0. The van der Waals surface area contributed by atoms with Crippen molar-refractivity contribution in [3.8, 4) is 0 Å². The minimum absolute atomic E-state index is 0.0322. The molecule has 0 aliphatic rings. The van der Waals surface area contributed by atoms with Gasteiger partial charge in [-0.05, 0) is 19.2 Å². The molecule has 0 aliphatic carbocycles. The summed E-state index contributed by atoms with van der Waals surface area (Å²) >= 11 is 0. The summed E-state index contributed by atoms with van der Waals surface area (Å²) < 4.78 is 36.0. The maximum atomic E-state index is 12.0. The van der Waals surface area contributed by atoms with E-state index in [2.05, 4.69) is 5.73 Å². The number of hydrogen-bond donors (Lipinski definition) is 1. The van der Waals surface area contributed by atoms with Crippen molar-refractivity contribution in [2.75, 3.05) is 7.05 Å². The highest BCUT2D eigenvalue weighted by molar-refractivity contribution is 5.74. The van der Waals surface area contributed by atoms with Gasteiger partial charge in [0.05, 0.1) is 5.56 Å². The van der Waals surface area contributed by atoms with Crippen molar-refractivity contribution < 1.29 is 18.0 Å². The molecule has 0 amide bonds. The van der Waals surface area contributed by atoms with Crippen molar-refractivity contribution in [1.82, 2.24) is 0 Å². The van der Waals surface area contributed by atoms with E-state index in [0.29, 0.717) is 6.29 Å². The fourth-order valence-electron chi connectivity index (χ4n) is 0.788. The van der Waals surface area contributed by atoms with Gasteiger partial charge in [-0.2, -0.15) is 13.2 Å². The molecule has 1 aromatic rings. The van der Waals surface area contributed by atoms with Crippen LogP contribution in [0.1, 0.15) is 15.9 Å². The van der Waals surface area contributed by atoms with E-state index in [4.69, 9.17) is 0 Å². The monoisotopic (exact) mass is 205 g/mol. The summed E-state index contributed by atoms with van der Waals surface area (Å²) in [7, 11) is 1.50. The van der Waals surface area contributed by atoms with Gasteiger partial charge in [0, 0.05) is 5.56 Å². The van der Waals surface area contributed by atoms with Gasteiger partial charge in [-0.3, -0.25) is 4.79 Å². The van der Waals surface area contributed by atoms with Gasteiger partial charge in [0.25, 0.3) is 0 Å². The Morgan fingerprint density at radius 1 is 1.29 bits per heavy atom. The smallest absolute Gasteiger partial charge is 0.333 e. The molecule has 2 N–H and O–H groups in total. The minimum Gasteiger partial charge on any atom is -0.333 e. The highest BCUT2D eigenvalue weighted by Gasteiger charge is 2.30. The second-order valence-corrected chi connectivity index (χ2v) is 2.24. The van der Waals surface area contributed by atoms with Gasteiger partial charge >= 0.3 is 6.18 Å². The molecule has 2 nitrogen and oxygen atoms in total. The number of carbonyl (C=O) groups is 1. The number of halogens is 3. The number of carbonyl (C=O) groups excluding carboxylic acids is 1. The van der Waals surface area contributed by atoms with Crippen LogP contribution in [0.4, 0.5) is 13.2 Å². The molecule has 0 radical (unpaired) electrons. The van der Waals surface area contributed by atoms with Crippen molar-refractivity contribution in [2.45, 2.75) is 6.18 Å². The Balaban J connectivity index is 0.000000791. The number of alkyl halides is 3. The quantitative estimate of drug-likeness (QED) is 0.713. The molecule has 0 heterocycles. The van der Waals surface area contributed by atoms with E-state index in [1.807, 2.05) is 0 Å². The highest BCUT2D eigenvalue weighted by atomic mass is 19.4. The van der Waals surface area contributed by atoms with Crippen LogP contribution in [0, 0.1) is 0 Å². The molecule has 0 unspecified atom stereocenters. The van der Waals surface area contributed by atoms with Crippen molar-refractivity contribution in [2.24, 2.45) is 5.73 Å². The van der Waals surface area contributed by atoms with Crippen LogP contribution in [-0.4, -0.2) is 13.3 Å². The first-order chi connectivity index (χ1) is 6.54. The van der Waals surface area contributed by atoms with E-state index in [-0.39, 0.29) is 5.56 Å². The van der Waals surface area contributed by atoms with Gasteiger partial charge in [-0.25, -0.2) is 0 Å². The van der Waals surface area contributed by atoms with Crippen LogP contribution < -0.4 is 5.73 Å². The number of hydrogen-bond acceptors (Lipinski definition) is 2. The van der Waals surface area contributed by atoms with E-state index >= 15 is 0 Å². The third kappa shape index (κ3) is 3.57. The molecular weight excluding hydrogens is 195 g/mol. The number of nitrogens with two attached hydrogens (primary N) is 1. The van der Waals surface area contributed by atoms with Gasteiger partial charge in [0.1, 0.15) is 6.29 Å². The normalized spacial score (nSPS) is 10.1. The van der Waals surface area contributed by atoms with Crippen LogP contribution >= 0.6 is 0 Å². The van der Waals surface area contributed by atoms with Gasteiger partial charge < -0.3 is 5.73 Å². The molecule has 0 bridgehead atoms. The van der Waals surface area contributed by atoms with Crippen LogP contribution in [0.2, 0.25) is 0 Å². The average molecular weight is 205 g/mol. The van der Waals surface area contributed by atoms with Gasteiger partial charge in [-0.1, -0.05) is 12.1 Å². The summed E-state index contributed by atoms with van der Waals surface area (Å²) in [5.41, 5.74) is 3.73. The first kappa shape index (κ1) is 12.6. The van der Waals surface area contributed by atoms with Gasteiger partial charge in [0.2, 0.25) is 0 Å². The topological polar surface area (TPSA) is 43.1 Å². The molecule has 0 fully saturated rings. The van der Waals surface area contributed by atoms with Crippen molar-refractivity contribution >= 4 is 6.29 Å². The lowest BCUT2D eigenvalue weighted by Gasteiger charge is -2.05. The molecule has 0 atom stereocenters. The molecular formula is C9H10F3NO. The van der Waals surface area contributed by atoms with Gasteiger partial charge in [0.15, 0.2) is 0 Å². The lowest BCUT2D eigenvalue weighted by atomic mass is 10.1. The van der Waals surface area contributed by atoms with Crippen LogP contribution in [-0.2, 0) is 6.18 Å². The molecule has 14 heavy (non-hydrogen) atoms. The molecule has 0 spiro atoms. The molecule has 1 aromatic carbocycles. The first-order valence-corrected chi connectivity index (χ1v) is 3.74. The van der Waals surface area contributed by atoms with E-state index < -0.39 is 11.7 Å². The first-order valence-electron chi connectivity index (χ1n) is 3.74. The van der Waals surface area contributed by atoms with Crippen molar-refractivity contribution in [1.29, 1.82) is 0 Å². The molecule has 0 saturated carbocycles. The Hall–Kier alpha value is -1.36. The zero-order valence-corrected chi connectivity index (χ0v) is 7.51. The number of aldehydes is 1. The van der Waals surface area contributed by atoms with E-state index in [1.165, 1.54) is 19.2 Å². The third-order valence-corrected chi connectivity index (χ3v) is 1.35. The van der Waals surface area contributed by atoms with E-state index in [9.17, 15) is 18.0 Å². The second-order valence-electron chi connectivity index (χ2n) is 2.24. The third-order valence-electron chi connectivity index (χ3n) is 1.35. The van der Waals surface area contributed by atoms with Crippen LogP contribution in [0.15, 0.2) is 24.3 Å². The summed E-state index contributed by atoms with van der Waals surface area (Å²) in [6, 6.07) is 4.26. The molecule has 0 saturated heterocycles. The van der Waals surface area contributed by atoms with Crippen LogP contribution in [0.3, 0.4) is 0 Å². The van der Waals surface area contributed by atoms with Crippen LogP contribution in [0.25, 0.3) is 0 Å². The SMILES string of the molecule is CN.O=Cc1cccc(C(F)(F)F)c1. The summed E-state index contributed by atoms with van der Waals surface area (Å²) in [6.07, 6.45) is -3.99. The van der Waals surface area contributed by atoms with E-state index in [1.54, 1.807) is 0 Å². The fourth-order valence-corrected chi connectivity index (χ4v) is 0.788. The maximum absolute atomic E-state index is 12.0. The summed E-state index contributed by atoms with van der Waals surface area (Å²) in [4.78, 5) is 10.1. The van der Waals surface area contributed by atoms with Gasteiger partial charge in [-0.15, -0.1) is 0 Å².